The number of halogens is 1. The van der Waals surface area contributed by atoms with E-state index in [2.05, 4.69) is 26.9 Å². The quantitative estimate of drug-likeness (QED) is 0.669. The number of ether oxygens (including phenoxy) is 1. The van der Waals surface area contributed by atoms with Gasteiger partial charge in [0.2, 0.25) is 0 Å². The first-order valence-electron chi connectivity index (χ1n) is 9.33. The van der Waals surface area contributed by atoms with Crippen LogP contribution in [0.4, 0.5) is 10.2 Å². The smallest absolute Gasteiger partial charge is 0.157 e. The summed E-state index contributed by atoms with van der Waals surface area (Å²) in [6, 6.07) is 10.3. The van der Waals surface area contributed by atoms with Gasteiger partial charge in [0.15, 0.2) is 5.65 Å². The fourth-order valence-corrected chi connectivity index (χ4v) is 3.41. The van der Waals surface area contributed by atoms with Gasteiger partial charge < -0.3 is 9.64 Å². The molecule has 27 heavy (non-hydrogen) atoms. The molecule has 3 aromatic rings. The molecule has 7 heteroatoms. The van der Waals surface area contributed by atoms with E-state index in [1.54, 1.807) is 18.3 Å². The normalized spacial score (nSPS) is 15.3. The lowest BCUT2D eigenvalue weighted by atomic mass is 10.1. The Balaban J connectivity index is 1.52. The summed E-state index contributed by atoms with van der Waals surface area (Å²) in [4.78, 5) is 9.31. The van der Waals surface area contributed by atoms with Crippen molar-refractivity contribution in [1.82, 2.24) is 19.5 Å². The second-order valence-corrected chi connectivity index (χ2v) is 6.84. The second-order valence-electron chi connectivity index (χ2n) is 6.84. The maximum Gasteiger partial charge on any atom is 0.157 e. The molecule has 3 heterocycles. The van der Waals surface area contributed by atoms with Gasteiger partial charge in [0.05, 0.1) is 25.1 Å². The Bertz CT molecular complexity index is 889. The summed E-state index contributed by atoms with van der Waals surface area (Å²) in [7, 11) is 2.07. The standard InChI is InChI=1S/C20H24FN5O/c1-24(9-2-10-25-11-13-27-14-12-25)20-15-18(16-3-5-17(21)6-4-16)23-19-7-8-22-26(19)20/h3-8,15H,2,9-14H2,1H3. The van der Waals surface area contributed by atoms with Crippen molar-refractivity contribution in [2.24, 2.45) is 0 Å². The minimum atomic E-state index is -0.246. The lowest BCUT2D eigenvalue weighted by Gasteiger charge is -2.28. The molecular weight excluding hydrogens is 345 g/mol. The molecule has 0 amide bonds. The van der Waals surface area contributed by atoms with Crippen LogP contribution in [0.3, 0.4) is 0 Å². The van der Waals surface area contributed by atoms with Crippen LogP contribution >= 0.6 is 0 Å². The van der Waals surface area contributed by atoms with E-state index in [-0.39, 0.29) is 5.82 Å². The summed E-state index contributed by atoms with van der Waals surface area (Å²) >= 11 is 0. The zero-order valence-electron chi connectivity index (χ0n) is 15.5. The monoisotopic (exact) mass is 369 g/mol. The molecule has 142 valence electrons. The molecular formula is C20H24FN5O. The summed E-state index contributed by atoms with van der Waals surface area (Å²) in [6.07, 6.45) is 2.81. The number of fused-ring (bicyclic) bond motifs is 1. The maximum absolute atomic E-state index is 13.3. The van der Waals surface area contributed by atoms with E-state index >= 15 is 0 Å². The molecule has 0 unspecified atom stereocenters. The molecule has 0 saturated carbocycles. The third kappa shape index (κ3) is 4.09. The highest BCUT2D eigenvalue weighted by molar-refractivity contribution is 5.66. The van der Waals surface area contributed by atoms with Gasteiger partial charge in [-0.15, -0.1) is 0 Å². The molecule has 1 saturated heterocycles. The Morgan fingerprint density at radius 2 is 1.93 bits per heavy atom. The largest absolute Gasteiger partial charge is 0.379 e. The zero-order chi connectivity index (χ0) is 18.6. The average Bonchev–Trinajstić information content (AvgIpc) is 3.17. The molecule has 1 aliphatic rings. The maximum atomic E-state index is 13.3. The number of nitrogens with zero attached hydrogens (tertiary/aromatic N) is 5. The van der Waals surface area contributed by atoms with Gasteiger partial charge in [0.1, 0.15) is 11.6 Å². The van der Waals surface area contributed by atoms with Crippen molar-refractivity contribution in [3.05, 3.63) is 48.4 Å². The minimum Gasteiger partial charge on any atom is -0.379 e. The van der Waals surface area contributed by atoms with Crippen LogP contribution < -0.4 is 4.90 Å². The molecule has 4 rings (SSSR count). The highest BCUT2D eigenvalue weighted by Crippen LogP contribution is 2.24. The Labute approximate surface area is 158 Å². The fourth-order valence-electron chi connectivity index (χ4n) is 3.41. The molecule has 0 aliphatic carbocycles. The van der Waals surface area contributed by atoms with Gasteiger partial charge in [-0.05, 0) is 30.7 Å². The van der Waals surface area contributed by atoms with Crippen LogP contribution in [0.15, 0.2) is 42.6 Å². The summed E-state index contributed by atoms with van der Waals surface area (Å²) < 4.78 is 20.5. The molecule has 0 spiro atoms. The van der Waals surface area contributed by atoms with E-state index in [4.69, 9.17) is 4.74 Å². The van der Waals surface area contributed by atoms with Gasteiger partial charge in [-0.2, -0.15) is 9.61 Å². The van der Waals surface area contributed by atoms with Crippen LogP contribution in [0.1, 0.15) is 6.42 Å². The topological polar surface area (TPSA) is 45.9 Å². The van der Waals surface area contributed by atoms with Crippen molar-refractivity contribution in [1.29, 1.82) is 0 Å². The Morgan fingerprint density at radius 1 is 1.15 bits per heavy atom. The van der Waals surface area contributed by atoms with Crippen molar-refractivity contribution in [3.63, 3.8) is 0 Å². The lowest BCUT2D eigenvalue weighted by molar-refractivity contribution is 0.0377. The van der Waals surface area contributed by atoms with Gasteiger partial charge >= 0.3 is 0 Å². The zero-order valence-corrected chi connectivity index (χ0v) is 15.5. The van der Waals surface area contributed by atoms with Crippen molar-refractivity contribution in [2.45, 2.75) is 6.42 Å². The highest BCUT2D eigenvalue weighted by atomic mass is 19.1. The number of benzene rings is 1. The SMILES string of the molecule is CN(CCCN1CCOCC1)c1cc(-c2ccc(F)cc2)nc2ccnn12. The minimum absolute atomic E-state index is 0.246. The van der Waals surface area contributed by atoms with Crippen LogP contribution in [-0.2, 0) is 4.74 Å². The molecule has 0 radical (unpaired) electrons. The number of hydrogen-bond donors (Lipinski definition) is 0. The molecule has 0 atom stereocenters. The van der Waals surface area contributed by atoms with Gasteiger partial charge in [0, 0.05) is 50.9 Å². The van der Waals surface area contributed by atoms with E-state index in [1.807, 2.05) is 16.6 Å². The van der Waals surface area contributed by atoms with Crippen molar-refractivity contribution in [3.8, 4) is 11.3 Å². The number of anilines is 1. The van der Waals surface area contributed by atoms with Gasteiger partial charge in [-0.3, -0.25) is 4.90 Å². The van der Waals surface area contributed by atoms with E-state index in [1.165, 1.54) is 12.1 Å². The van der Waals surface area contributed by atoms with E-state index in [0.29, 0.717) is 0 Å². The predicted molar refractivity (Wildman–Crippen MR) is 104 cm³/mol. The van der Waals surface area contributed by atoms with Gasteiger partial charge in [0.25, 0.3) is 0 Å². The Hall–Kier alpha value is -2.51. The predicted octanol–water partition coefficient (Wildman–Crippen LogP) is 2.69. The summed E-state index contributed by atoms with van der Waals surface area (Å²) in [5.41, 5.74) is 2.49. The summed E-state index contributed by atoms with van der Waals surface area (Å²) in [5.74, 6) is 0.732. The number of aromatic nitrogens is 3. The molecule has 6 nitrogen and oxygen atoms in total. The Morgan fingerprint density at radius 3 is 2.70 bits per heavy atom. The first kappa shape index (κ1) is 17.9. The number of morpholine rings is 1. The Kier molecular flexibility index (Phi) is 5.31. The molecule has 0 bridgehead atoms. The lowest BCUT2D eigenvalue weighted by Crippen LogP contribution is -2.38. The first-order chi connectivity index (χ1) is 13.2. The van der Waals surface area contributed by atoms with Crippen molar-refractivity contribution >= 4 is 11.5 Å². The molecule has 1 aromatic carbocycles. The van der Waals surface area contributed by atoms with Crippen LogP contribution in [0, 0.1) is 5.82 Å². The van der Waals surface area contributed by atoms with Crippen LogP contribution in [0.2, 0.25) is 0 Å². The molecule has 1 aliphatic heterocycles. The number of hydrogen-bond acceptors (Lipinski definition) is 5. The van der Waals surface area contributed by atoms with Crippen LogP contribution in [-0.4, -0.2) is 65.9 Å². The van der Waals surface area contributed by atoms with Crippen LogP contribution in [0.5, 0.6) is 0 Å². The third-order valence-corrected chi connectivity index (χ3v) is 4.94. The third-order valence-electron chi connectivity index (χ3n) is 4.94. The van der Waals surface area contributed by atoms with Gasteiger partial charge in [-0.25, -0.2) is 9.37 Å². The van der Waals surface area contributed by atoms with Crippen LogP contribution in [0.25, 0.3) is 16.9 Å². The number of rotatable bonds is 6. The van der Waals surface area contributed by atoms with E-state index in [0.717, 1.165) is 68.5 Å². The second kappa shape index (κ2) is 8.02. The first-order valence-corrected chi connectivity index (χ1v) is 9.33. The summed E-state index contributed by atoms with van der Waals surface area (Å²) in [6.45, 7) is 5.66. The van der Waals surface area contributed by atoms with Crippen molar-refractivity contribution in [2.75, 3.05) is 51.3 Å². The molecule has 1 fully saturated rings. The average molecular weight is 369 g/mol. The van der Waals surface area contributed by atoms with Crippen molar-refractivity contribution < 1.29 is 9.13 Å². The van der Waals surface area contributed by atoms with E-state index in [9.17, 15) is 4.39 Å². The molecule has 0 N–H and O–H groups in total. The molecule has 2 aromatic heterocycles. The fraction of sp³-hybridized carbons (Fsp3) is 0.400. The highest BCUT2D eigenvalue weighted by Gasteiger charge is 2.14. The van der Waals surface area contributed by atoms with Gasteiger partial charge in [-0.1, -0.05) is 0 Å². The summed E-state index contributed by atoms with van der Waals surface area (Å²) in [5, 5.41) is 4.41. The van der Waals surface area contributed by atoms with E-state index < -0.39 is 0 Å².